The molecule has 0 atom stereocenters. The minimum atomic E-state index is -0.306. The molecule has 0 aliphatic rings. The lowest BCUT2D eigenvalue weighted by Crippen LogP contribution is -2.24. The number of carbonyl (C=O) groups is 2. The molecule has 0 bridgehead atoms. The molecule has 31 heavy (non-hydrogen) atoms. The zero-order chi connectivity index (χ0) is 22.4. The second-order valence-corrected chi connectivity index (χ2v) is 8.52. The van der Waals surface area contributed by atoms with E-state index < -0.39 is 0 Å². The van der Waals surface area contributed by atoms with E-state index in [2.05, 4.69) is 31.4 Å². The summed E-state index contributed by atoms with van der Waals surface area (Å²) in [6.45, 7) is 7.10. The van der Waals surface area contributed by atoms with Crippen LogP contribution in [-0.2, 0) is 18.5 Å². The van der Waals surface area contributed by atoms with E-state index in [0.29, 0.717) is 24.2 Å². The maximum atomic E-state index is 12.9. The van der Waals surface area contributed by atoms with Gasteiger partial charge in [-0.3, -0.25) is 9.59 Å². The van der Waals surface area contributed by atoms with Gasteiger partial charge in [0.25, 0.3) is 11.8 Å². The van der Waals surface area contributed by atoms with Crippen molar-refractivity contribution in [3.8, 4) is 0 Å². The molecule has 3 aromatic carbocycles. The van der Waals surface area contributed by atoms with Crippen molar-refractivity contribution in [2.24, 2.45) is 0 Å². The molecule has 0 fully saturated rings. The van der Waals surface area contributed by atoms with E-state index in [1.54, 1.807) is 24.3 Å². The molecule has 0 aliphatic carbocycles. The van der Waals surface area contributed by atoms with Crippen LogP contribution in [0.5, 0.6) is 0 Å². The van der Waals surface area contributed by atoms with Crippen LogP contribution in [0.25, 0.3) is 0 Å². The van der Waals surface area contributed by atoms with Crippen molar-refractivity contribution in [3.63, 3.8) is 0 Å². The molecular formula is C26H27FN2O2. The summed E-state index contributed by atoms with van der Waals surface area (Å²) in [5, 5.41) is 5.71. The van der Waals surface area contributed by atoms with E-state index in [1.807, 2.05) is 36.4 Å². The number of benzene rings is 3. The number of hydrogen-bond donors (Lipinski definition) is 2. The molecule has 0 saturated heterocycles. The Balaban J connectivity index is 1.51. The number of rotatable bonds is 6. The number of carbonyl (C=O) groups excluding carboxylic acids is 2. The lowest BCUT2D eigenvalue weighted by Gasteiger charge is -2.19. The van der Waals surface area contributed by atoms with E-state index in [0.717, 1.165) is 11.1 Å². The number of nitrogens with one attached hydrogen (secondary N) is 2. The highest BCUT2D eigenvalue weighted by Gasteiger charge is 2.14. The number of amides is 2. The normalized spacial score (nSPS) is 11.1. The standard InChI is InChI=1S/C26H27FN2O2/c1-26(2,3)22-12-10-21(11-13-22)25(31)28-16-18-4-8-20(9-5-18)24(30)29-17-19-6-14-23(27)15-7-19/h4-15H,16-17H2,1-3H3,(H,28,31)(H,29,30). The molecule has 4 nitrogen and oxygen atoms in total. The number of hydrogen-bond acceptors (Lipinski definition) is 2. The summed E-state index contributed by atoms with van der Waals surface area (Å²) in [4.78, 5) is 24.7. The van der Waals surface area contributed by atoms with Crippen LogP contribution < -0.4 is 10.6 Å². The van der Waals surface area contributed by atoms with Crippen molar-refractivity contribution in [3.05, 3.63) is 106 Å². The van der Waals surface area contributed by atoms with E-state index in [9.17, 15) is 14.0 Å². The molecule has 3 rings (SSSR count). The summed E-state index contributed by atoms with van der Waals surface area (Å²) in [5.41, 5.74) is 4.08. The minimum absolute atomic E-state index is 0.0437. The Labute approximate surface area is 182 Å². The molecule has 2 N–H and O–H groups in total. The van der Waals surface area contributed by atoms with E-state index in [-0.39, 0.29) is 23.0 Å². The van der Waals surface area contributed by atoms with Crippen molar-refractivity contribution in [2.45, 2.75) is 39.3 Å². The largest absolute Gasteiger partial charge is 0.348 e. The third-order valence-electron chi connectivity index (χ3n) is 5.05. The third-order valence-corrected chi connectivity index (χ3v) is 5.05. The maximum Gasteiger partial charge on any atom is 0.251 e. The van der Waals surface area contributed by atoms with Gasteiger partial charge in [-0.1, -0.05) is 57.2 Å². The van der Waals surface area contributed by atoms with Gasteiger partial charge in [-0.05, 0) is 58.5 Å². The van der Waals surface area contributed by atoms with Crippen molar-refractivity contribution >= 4 is 11.8 Å². The van der Waals surface area contributed by atoms with Gasteiger partial charge in [0, 0.05) is 24.2 Å². The molecule has 5 heteroatoms. The van der Waals surface area contributed by atoms with E-state index in [4.69, 9.17) is 0 Å². The fourth-order valence-corrected chi connectivity index (χ4v) is 3.07. The fourth-order valence-electron chi connectivity index (χ4n) is 3.07. The van der Waals surface area contributed by atoms with Gasteiger partial charge in [-0.15, -0.1) is 0 Å². The Bertz CT molecular complexity index is 1030. The molecule has 0 spiro atoms. The highest BCUT2D eigenvalue weighted by atomic mass is 19.1. The molecular weight excluding hydrogens is 391 g/mol. The Morgan fingerprint density at radius 2 is 1.06 bits per heavy atom. The molecule has 160 valence electrons. The summed E-state index contributed by atoms with van der Waals surface area (Å²) in [7, 11) is 0. The average molecular weight is 419 g/mol. The summed E-state index contributed by atoms with van der Waals surface area (Å²) in [5.74, 6) is -0.653. The SMILES string of the molecule is CC(C)(C)c1ccc(C(=O)NCc2ccc(C(=O)NCc3ccc(F)cc3)cc2)cc1. The first-order valence-electron chi connectivity index (χ1n) is 10.2. The Morgan fingerprint density at radius 3 is 1.48 bits per heavy atom. The van der Waals surface area contributed by atoms with Crippen molar-refractivity contribution in [2.75, 3.05) is 0 Å². The minimum Gasteiger partial charge on any atom is -0.348 e. The van der Waals surface area contributed by atoms with Gasteiger partial charge < -0.3 is 10.6 Å². The van der Waals surface area contributed by atoms with Gasteiger partial charge in [0.2, 0.25) is 0 Å². The van der Waals surface area contributed by atoms with Crippen LogP contribution in [0.4, 0.5) is 4.39 Å². The number of halogens is 1. The van der Waals surface area contributed by atoms with Crippen LogP contribution in [0.1, 0.15) is 58.2 Å². The molecule has 0 aliphatic heterocycles. The lowest BCUT2D eigenvalue weighted by atomic mass is 9.87. The zero-order valence-electron chi connectivity index (χ0n) is 18.0. The van der Waals surface area contributed by atoms with Crippen LogP contribution >= 0.6 is 0 Å². The quantitative estimate of drug-likeness (QED) is 0.593. The first kappa shape index (κ1) is 22.2. The Hall–Kier alpha value is -3.47. The molecule has 0 aromatic heterocycles. The monoisotopic (exact) mass is 418 g/mol. The Kier molecular flexibility index (Phi) is 6.85. The average Bonchev–Trinajstić information content (AvgIpc) is 2.76. The van der Waals surface area contributed by atoms with Crippen LogP contribution in [0.15, 0.2) is 72.8 Å². The van der Waals surface area contributed by atoms with Crippen molar-refractivity contribution < 1.29 is 14.0 Å². The molecule has 0 heterocycles. The fraction of sp³-hybridized carbons (Fsp3) is 0.231. The second kappa shape index (κ2) is 9.56. The smallest absolute Gasteiger partial charge is 0.251 e. The first-order chi connectivity index (χ1) is 14.7. The summed E-state index contributed by atoms with van der Waals surface area (Å²) in [6, 6.07) is 20.7. The van der Waals surface area contributed by atoms with Crippen LogP contribution in [-0.4, -0.2) is 11.8 Å². The van der Waals surface area contributed by atoms with Gasteiger partial charge in [0.05, 0.1) is 0 Å². The maximum absolute atomic E-state index is 12.9. The summed E-state index contributed by atoms with van der Waals surface area (Å²) < 4.78 is 12.9. The van der Waals surface area contributed by atoms with Crippen molar-refractivity contribution in [1.82, 2.24) is 10.6 Å². The van der Waals surface area contributed by atoms with Gasteiger partial charge in [0.1, 0.15) is 5.82 Å². The lowest BCUT2D eigenvalue weighted by molar-refractivity contribution is 0.0941. The van der Waals surface area contributed by atoms with Gasteiger partial charge in [-0.25, -0.2) is 4.39 Å². The second-order valence-electron chi connectivity index (χ2n) is 8.52. The van der Waals surface area contributed by atoms with Crippen LogP contribution in [0.2, 0.25) is 0 Å². The molecule has 2 amide bonds. The van der Waals surface area contributed by atoms with E-state index >= 15 is 0 Å². The predicted octanol–water partition coefficient (Wildman–Crippen LogP) is 4.98. The van der Waals surface area contributed by atoms with Gasteiger partial charge in [0.15, 0.2) is 0 Å². The highest BCUT2D eigenvalue weighted by molar-refractivity contribution is 5.95. The van der Waals surface area contributed by atoms with Crippen LogP contribution in [0, 0.1) is 5.82 Å². The summed E-state index contributed by atoms with van der Waals surface area (Å²) in [6.07, 6.45) is 0. The molecule has 0 radical (unpaired) electrons. The molecule has 3 aromatic rings. The molecule has 0 unspecified atom stereocenters. The Morgan fingerprint density at radius 1 is 0.677 bits per heavy atom. The van der Waals surface area contributed by atoms with Gasteiger partial charge >= 0.3 is 0 Å². The predicted molar refractivity (Wildman–Crippen MR) is 120 cm³/mol. The summed E-state index contributed by atoms with van der Waals surface area (Å²) >= 11 is 0. The highest BCUT2D eigenvalue weighted by Crippen LogP contribution is 2.22. The topological polar surface area (TPSA) is 58.2 Å². The van der Waals surface area contributed by atoms with E-state index in [1.165, 1.54) is 17.7 Å². The molecule has 0 saturated carbocycles. The van der Waals surface area contributed by atoms with Crippen LogP contribution in [0.3, 0.4) is 0 Å². The third kappa shape index (κ3) is 6.25. The van der Waals surface area contributed by atoms with Crippen molar-refractivity contribution in [1.29, 1.82) is 0 Å². The zero-order valence-corrected chi connectivity index (χ0v) is 18.0. The van der Waals surface area contributed by atoms with Gasteiger partial charge in [-0.2, -0.15) is 0 Å². The first-order valence-corrected chi connectivity index (χ1v) is 10.2.